The van der Waals surface area contributed by atoms with Crippen molar-refractivity contribution in [3.63, 3.8) is 0 Å². The Bertz CT molecular complexity index is 721. The van der Waals surface area contributed by atoms with E-state index in [1.807, 2.05) is 0 Å². The summed E-state index contributed by atoms with van der Waals surface area (Å²) in [5.74, 6) is 0.278. The lowest BCUT2D eigenvalue weighted by molar-refractivity contribution is 0.0720. The number of piperidine rings is 2. The zero-order valence-corrected chi connectivity index (χ0v) is 15.6. The Morgan fingerprint density at radius 2 is 1.56 bits per heavy atom. The highest BCUT2D eigenvalue weighted by Gasteiger charge is 2.29. The van der Waals surface area contributed by atoms with E-state index in [0.717, 1.165) is 38.5 Å². The number of ether oxygens (including phenoxy) is 1. The van der Waals surface area contributed by atoms with Gasteiger partial charge in [0.2, 0.25) is 10.0 Å². The van der Waals surface area contributed by atoms with Crippen LogP contribution in [0.25, 0.3) is 0 Å². The van der Waals surface area contributed by atoms with Crippen LogP contribution in [0.1, 0.15) is 48.9 Å². The second-order valence-corrected chi connectivity index (χ2v) is 8.62. The molecule has 0 N–H and O–H groups in total. The monoisotopic (exact) mass is 366 g/mol. The van der Waals surface area contributed by atoms with Crippen LogP contribution < -0.4 is 4.74 Å². The van der Waals surface area contributed by atoms with Gasteiger partial charge in [0.05, 0.1) is 17.6 Å². The van der Waals surface area contributed by atoms with Crippen molar-refractivity contribution < 1.29 is 17.9 Å². The Hall–Kier alpha value is -1.60. The van der Waals surface area contributed by atoms with E-state index in [-0.39, 0.29) is 10.8 Å². The van der Waals surface area contributed by atoms with Crippen molar-refractivity contribution in [1.82, 2.24) is 9.21 Å². The lowest BCUT2D eigenvalue weighted by Crippen LogP contribution is -2.37. The molecule has 2 fully saturated rings. The summed E-state index contributed by atoms with van der Waals surface area (Å²) in [4.78, 5) is 14.8. The fraction of sp³-hybridized carbons (Fsp3) is 0.611. The summed E-state index contributed by atoms with van der Waals surface area (Å²) in [5.41, 5.74) is 0.336. The molecule has 0 saturated carbocycles. The molecule has 0 aromatic heterocycles. The van der Waals surface area contributed by atoms with Gasteiger partial charge in [-0.2, -0.15) is 4.31 Å². The first-order valence-corrected chi connectivity index (χ1v) is 10.5. The molecule has 6 nitrogen and oxygen atoms in total. The molecular weight excluding hydrogens is 340 g/mol. The normalized spacial score (nSPS) is 19.6. The standard InChI is InChI=1S/C18H26N2O4S/c1-24-17-9-8-15(25(22,23)20-12-6-3-7-13-20)14-16(17)18(21)19-10-4-2-5-11-19/h8-9,14H,2-7,10-13H2,1H3. The maximum Gasteiger partial charge on any atom is 0.257 e. The molecule has 0 spiro atoms. The minimum absolute atomic E-state index is 0.146. The SMILES string of the molecule is COc1ccc(S(=O)(=O)N2CCCCC2)cc1C(=O)N1CCCCC1. The number of hydrogen-bond acceptors (Lipinski definition) is 4. The summed E-state index contributed by atoms with van der Waals surface area (Å²) >= 11 is 0. The highest BCUT2D eigenvalue weighted by atomic mass is 32.2. The van der Waals surface area contributed by atoms with Gasteiger partial charge in [-0.1, -0.05) is 6.42 Å². The number of hydrogen-bond donors (Lipinski definition) is 0. The van der Waals surface area contributed by atoms with E-state index in [9.17, 15) is 13.2 Å². The van der Waals surface area contributed by atoms with Crippen molar-refractivity contribution in [3.8, 4) is 5.75 Å². The van der Waals surface area contributed by atoms with Crippen LogP contribution >= 0.6 is 0 Å². The van der Waals surface area contributed by atoms with Crippen molar-refractivity contribution in [3.05, 3.63) is 23.8 Å². The first-order chi connectivity index (χ1) is 12.0. The third-order valence-electron chi connectivity index (χ3n) is 5.00. The number of methoxy groups -OCH3 is 1. The van der Waals surface area contributed by atoms with E-state index in [0.29, 0.717) is 37.5 Å². The first-order valence-electron chi connectivity index (χ1n) is 9.01. The lowest BCUT2D eigenvalue weighted by atomic mass is 10.1. The largest absolute Gasteiger partial charge is 0.496 e. The summed E-state index contributed by atoms with van der Waals surface area (Å²) in [6.07, 6.45) is 5.93. The second-order valence-electron chi connectivity index (χ2n) is 6.68. The molecule has 2 heterocycles. The number of benzene rings is 1. The Labute approximate surface area is 149 Å². The molecule has 25 heavy (non-hydrogen) atoms. The summed E-state index contributed by atoms with van der Waals surface area (Å²) in [7, 11) is -2.07. The summed E-state index contributed by atoms with van der Waals surface area (Å²) in [6.45, 7) is 2.52. The second kappa shape index (κ2) is 7.74. The zero-order chi connectivity index (χ0) is 17.9. The van der Waals surface area contributed by atoms with E-state index < -0.39 is 10.0 Å². The topological polar surface area (TPSA) is 66.9 Å². The zero-order valence-electron chi connectivity index (χ0n) is 14.7. The number of carbonyl (C=O) groups is 1. The van der Waals surface area contributed by atoms with Crippen LogP contribution in [0.3, 0.4) is 0 Å². The molecule has 3 rings (SSSR count). The first kappa shape index (κ1) is 18.2. The minimum Gasteiger partial charge on any atom is -0.496 e. The van der Waals surface area contributed by atoms with Crippen LogP contribution in [0, 0.1) is 0 Å². The Kier molecular flexibility index (Phi) is 5.64. The predicted octanol–water partition coefficient (Wildman–Crippen LogP) is 2.50. The van der Waals surface area contributed by atoms with Crippen LogP contribution in [-0.4, -0.2) is 56.8 Å². The molecule has 0 unspecified atom stereocenters. The van der Waals surface area contributed by atoms with Gasteiger partial charge in [-0.3, -0.25) is 4.79 Å². The van der Waals surface area contributed by atoms with Gasteiger partial charge in [-0.15, -0.1) is 0 Å². The predicted molar refractivity (Wildman–Crippen MR) is 95.4 cm³/mol. The van der Waals surface area contributed by atoms with Crippen LogP contribution in [0.5, 0.6) is 5.75 Å². The summed E-state index contributed by atoms with van der Waals surface area (Å²) in [5, 5.41) is 0. The summed E-state index contributed by atoms with van der Waals surface area (Å²) < 4.78 is 32.6. The third kappa shape index (κ3) is 3.82. The third-order valence-corrected chi connectivity index (χ3v) is 6.89. The molecule has 1 aromatic rings. The lowest BCUT2D eigenvalue weighted by Gasteiger charge is -2.28. The van der Waals surface area contributed by atoms with Crippen LogP contribution in [0.4, 0.5) is 0 Å². The highest BCUT2D eigenvalue weighted by molar-refractivity contribution is 7.89. The Balaban J connectivity index is 1.92. The molecule has 0 bridgehead atoms. The number of sulfonamides is 1. The average Bonchev–Trinajstić information content (AvgIpc) is 2.68. The van der Waals surface area contributed by atoms with E-state index in [1.54, 1.807) is 11.0 Å². The molecule has 0 radical (unpaired) electrons. The maximum absolute atomic E-state index is 12.9. The van der Waals surface area contributed by atoms with E-state index in [4.69, 9.17) is 4.74 Å². The van der Waals surface area contributed by atoms with Crippen molar-refractivity contribution >= 4 is 15.9 Å². The summed E-state index contributed by atoms with van der Waals surface area (Å²) in [6, 6.07) is 4.61. The fourth-order valence-electron chi connectivity index (χ4n) is 3.54. The molecule has 2 aliphatic rings. The Morgan fingerprint density at radius 3 is 2.16 bits per heavy atom. The van der Waals surface area contributed by atoms with Gasteiger partial charge >= 0.3 is 0 Å². The van der Waals surface area contributed by atoms with E-state index in [2.05, 4.69) is 0 Å². The molecule has 2 aliphatic heterocycles. The molecule has 0 aliphatic carbocycles. The molecule has 2 saturated heterocycles. The van der Waals surface area contributed by atoms with Gasteiger partial charge in [-0.25, -0.2) is 8.42 Å². The number of rotatable bonds is 4. The molecule has 7 heteroatoms. The molecule has 0 atom stereocenters. The van der Waals surface area contributed by atoms with Gasteiger partial charge in [-0.05, 0) is 50.3 Å². The smallest absolute Gasteiger partial charge is 0.257 e. The molecule has 138 valence electrons. The molecular formula is C18H26N2O4S. The van der Waals surface area contributed by atoms with Crippen molar-refractivity contribution in [1.29, 1.82) is 0 Å². The number of likely N-dealkylation sites (tertiary alicyclic amines) is 1. The van der Waals surface area contributed by atoms with Gasteiger partial charge in [0.25, 0.3) is 5.91 Å². The number of nitrogens with zero attached hydrogens (tertiary/aromatic N) is 2. The van der Waals surface area contributed by atoms with Gasteiger partial charge in [0.15, 0.2) is 0 Å². The van der Waals surface area contributed by atoms with Crippen molar-refractivity contribution in [2.75, 3.05) is 33.3 Å². The van der Waals surface area contributed by atoms with Crippen molar-refractivity contribution in [2.24, 2.45) is 0 Å². The minimum atomic E-state index is -3.57. The number of amides is 1. The van der Waals surface area contributed by atoms with Crippen LogP contribution in [0.2, 0.25) is 0 Å². The van der Waals surface area contributed by atoms with E-state index >= 15 is 0 Å². The number of carbonyl (C=O) groups excluding carboxylic acids is 1. The fourth-order valence-corrected chi connectivity index (χ4v) is 5.08. The van der Waals surface area contributed by atoms with Gasteiger partial charge in [0.1, 0.15) is 5.75 Å². The maximum atomic E-state index is 12.9. The van der Waals surface area contributed by atoms with Crippen LogP contribution in [-0.2, 0) is 10.0 Å². The van der Waals surface area contributed by atoms with Gasteiger partial charge < -0.3 is 9.64 Å². The average molecular weight is 366 g/mol. The Morgan fingerprint density at radius 1 is 0.960 bits per heavy atom. The van der Waals surface area contributed by atoms with E-state index in [1.165, 1.54) is 23.5 Å². The van der Waals surface area contributed by atoms with Gasteiger partial charge in [0, 0.05) is 26.2 Å². The quantitative estimate of drug-likeness (QED) is 0.821. The molecule has 1 amide bonds. The van der Waals surface area contributed by atoms with Crippen molar-refractivity contribution in [2.45, 2.75) is 43.4 Å². The molecule has 1 aromatic carbocycles. The highest BCUT2D eigenvalue weighted by Crippen LogP contribution is 2.28. The van der Waals surface area contributed by atoms with Crippen LogP contribution in [0.15, 0.2) is 23.1 Å².